The Bertz CT molecular complexity index is 498. The average Bonchev–Trinajstić information content (AvgIpc) is 2.72. The molecule has 8 nitrogen and oxygen atoms in total. The maximum absolute atomic E-state index is 11.5. The number of rotatable bonds is 2. The van der Waals surface area contributed by atoms with Crippen molar-refractivity contribution in [2.24, 2.45) is 5.16 Å². The Balaban J connectivity index is 2.28. The van der Waals surface area contributed by atoms with Crippen LogP contribution in [0.3, 0.4) is 0 Å². The lowest BCUT2D eigenvalue weighted by atomic mass is 10.2. The third-order valence-electron chi connectivity index (χ3n) is 2.53. The van der Waals surface area contributed by atoms with Crippen molar-refractivity contribution in [3.8, 4) is 0 Å². The number of aromatic nitrogens is 2. The zero-order chi connectivity index (χ0) is 12.4. The molecule has 1 saturated heterocycles. The van der Waals surface area contributed by atoms with E-state index in [0.29, 0.717) is 5.71 Å². The first kappa shape index (κ1) is 11.6. The highest BCUT2D eigenvalue weighted by Gasteiger charge is 2.33. The van der Waals surface area contributed by atoms with Gasteiger partial charge in [0.15, 0.2) is 0 Å². The standard InChI is InChI=1S/C9H12N4O4/c10-7-1-2-13(9(15)11-7)8-3-5(12-16)6(4-14)17-8/h1-2,6,8,14,16H,3-4H2,(H2,10,11,15)/b12-5+/t6-,8-/m1/s1. The first-order chi connectivity index (χ1) is 8.15. The zero-order valence-electron chi connectivity index (χ0n) is 8.85. The summed E-state index contributed by atoms with van der Waals surface area (Å²) in [7, 11) is 0. The summed E-state index contributed by atoms with van der Waals surface area (Å²) in [5.41, 5.74) is 5.11. The van der Waals surface area contributed by atoms with Crippen molar-refractivity contribution in [3.63, 3.8) is 0 Å². The highest BCUT2D eigenvalue weighted by atomic mass is 16.5. The molecule has 2 rings (SSSR count). The van der Waals surface area contributed by atoms with Crippen LogP contribution in [0.4, 0.5) is 5.82 Å². The van der Waals surface area contributed by atoms with Gasteiger partial charge in [0.05, 0.1) is 12.3 Å². The van der Waals surface area contributed by atoms with E-state index in [0.717, 1.165) is 0 Å². The van der Waals surface area contributed by atoms with Crippen LogP contribution < -0.4 is 11.4 Å². The summed E-state index contributed by atoms with van der Waals surface area (Å²) in [5, 5.41) is 20.8. The summed E-state index contributed by atoms with van der Waals surface area (Å²) in [4.78, 5) is 15.1. The molecule has 92 valence electrons. The highest BCUT2D eigenvalue weighted by molar-refractivity contribution is 5.90. The molecule has 0 spiro atoms. The summed E-state index contributed by atoms with van der Waals surface area (Å²) in [6.45, 7) is -0.312. The SMILES string of the molecule is Nc1ccn([C@H]2C/C(=N\O)[C@@H](CO)O2)c(=O)n1. The van der Waals surface area contributed by atoms with E-state index in [4.69, 9.17) is 20.8 Å². The van der Waals surface area contributed by atoms with Crippen molar-refractivity contribution < 1.29 is 15.1 Å². The molecule has 0 bridgehead atoms. The maximum atomic E-state index is 11.5. The minimum absolute atomic E-state index is 0.124. The van der Waals surface area contributed by atoms with Gasteiger partial charge in [0.2, 0.25) is 0 Å². The largest absolute Gasteiger partial charge is 0.411 e. The Morgan fingerprint density at radius 3 is 3.00 bits per heavy atom. The molecule has 2 atom stereocenters. The third-order valence-corrected chi connectivity index (χ3v) is 2.53. The molecule has 4 N–H and O–H groups in total. The molecule has 1 aromatic rings. The third kappa shape index (κ3) is 2.12. The second-order valence-corrected chi connectivity index (χ2v) is 3.60. The lowest BCUT2D eigenvalue weighted by Crippen LogP contribution is -2.27. The predicted molar refractivity (Wildman–Crippen MR) is 57.7 cm³/mol. The Morgan fingerprint density at radius 1 is 1.71 bits per heavy atom. The Labute approximate surface area is 96.0 Å². The van der Waals surface area contributed by atoms with Crippen LogP contribution in [0.25, 0.3) is 0 Å². The van der Waals surface area contributed by atoms with Crippen molar-refractivity contribution in [1.29, 1.82) is 0 Å². The van der Waals surface area contributed by atoms with Gasteiger partial charge in [-0.1, -0.05) is 5.16 Å². The molecule has 2 heterocycles. The fraction of sp³-hybridized carbons (Fsp3) is 0.444. The van der Waals surface area contributed by atoms with Crippen LogP contribution in [0, 0.1) is 0 Å². The molecule has 1 aromatic heterocycles. The molecule has 0 saturated carbocycles. The first-order valence-electron chi connectivity index (χ1n) is 4.97. The molecule has 0 amide bonds. The molecule has 17 heavy (non-hydrogen) atoms. The van der Waals surface area contributed by atoms with Gasteiger partial charge < -0.3 is 20.8 Å². The van der Waals surface area contributed by atoms with E-state index in [9.17, 15) is 4.79 Å². The number of oxime groups is 1. The van der Waals surface area contributed by atoms with E-state index in [-0.39, 0.29) is 18.8 Å². The van der Waals surface area contributed by atoms with Crippen molar-refractivity contribution in [2.45, 2.75) is 18.8 Å². The summed E-state index contributed by atoms with van der Waals surface area (Å²) >= 11 is 0. The van der Waals surface area contributed by atoms with Gasteiger partial charge in [-0.2, -0.15) is 4.98 Å². The zero-order valence-corrected chi connectivity index (χ0v) is 8.85. The number of anilines is 1. The molecule has 0 radical (unpaired) electrons. The topological polar surface area (TPSA) is 123 Å². The van der Waals surface area contributed by atoms with Crippen LogP contribution in [0.2, 0.25) is 0 Å². The number of nitrogen functional groups attached to an aromatic ring is 1. The summed E-state index contributed by atoms with van der Waals surface area (Å²) in [6.07, 6.45) is 0.324. The number of aliphatic hydroxyl groups is 1. The maximum Gasteiger partial charge on any atom is 0.351 e. The fourth-order valence-electron chi connectivity index (χ4n) is 1.69. The molecular weight excluding hydrogens is 228 g/mol. The molecule has 1 fully saturated rings. The van der Waals surface area contributed by atoms with Gasteiger partial charge in [-0.15, -0.1) is 0 Å². The van der Waals surface area contributed by atoms with Gasteiger partial charge in [0, 0.05) is 12.6 Å². The van der Waals surface area contributed by atoms with Crippen molar-refractivity contribution in [1.82, 2.24) is 9.55 Å². The number of ether oxygens (including phenoxy) is 1. The number of hydrogen-bond donors (Lipinski definition) is 3. The molecule has 1 aliphatic rings. The number of hydrogen-bond acceptors (Lipinski definition) is 7. The second-order valence-electron chi connectivity index (χ2n) is 3.60. The van der Waals surface area contributed by atoms with Gasteiger partial charge in [-0.3, -0.25) is 4.57 Å². The predicted octanol–water partition coefficient (Wildman–Crippen LogP) is -1.06. The smallest absolute Gasteiger partial charge is 0.351 e. The van der Waals surface area contributed by atoms with E-state index < -0.39 is 18.0 Å². The van der Waals surface area contributed by atoms with Crippen LogP contribution in [0.1, 0.15) is 12.6 Å². The van der Waals surface area contributed by atoms with Crippen molar-refractivity contribution in [2.75, 3.05) is 12.3 Å². The van der Waals surface area contributed by atoms with Gasteiger partial charge in [0.1, 0.15) is 18.1 Å². The average molecular weight is 240 g/mol. The Hall–Kier alpha value is -1.93. The van der Waals surface area contributed by atoms with Crippen LogP contribution in [0.5, 0.6) is 0 Å². The monoisotopic (exact) mass is 240 g/mol. The lowest BCUT2D eigenvalue weighted by molar-refractivity contribution is -0.0151. The first-order valence-corrected chi connectivity index (χ1v) is 4.97. The molecule has 0 unspecified atom stereocenters. The van der Waals surface area contributed by atoms with E-state index in [1.54, 1.807) is 0 Å². The molecule has 0 aliphatic carbocycles. The van der Waals surface area contributed by atoms with Crippen LogP contribution >= 0.6 is 0 Å². The Kier molecular flexibility index (Phi) is 3.07. The molecule has 8 heteroatoms. The normalized spacial score (nSPS) is 26.5. The van der Waals surface area contributed by atoms with E-state index in [2.05, 4.69) is 10.1 Å². The van der Waals surface area contributed by atoms with Gasteiger partial charge in [-0.05, 0) is 6.07 Å². The number of nitrogens with zero attached hydrogens (tertiary/aromatic N) is 3. The van der Waals surface area contributed by atoms with Crippen LogP contribution in [-0.2, 0) is 4.74 Å². The van der Waals surface area contributed by atoms with Gasteiger partial charge in [-0.25, -0.2) is 4.79 Å². The number of aliphatic hydroxyl groups excluding tert-OH is 1. The lowest BCUT2D eigenvalue weighted by Gasteiger charge is -2.13. The van der Waals surface area contributed by atoms with Gasteiger partial charge >= 0.3 is 5.69 Å². The van der Waals surface area contributed by atoms with Gasteiger partial charge in [0.25, 0.3) is 0 Å². The Morgan fingerprint density at radius 2 is 2.47 bits per heavy atom. The van der Waals surface area contributed by atoms with E-state index in [1.807, 2.05) is 0 Å². The summed E-state index contributed by atoms with van der Waals surface area (Å²) < 4.78 is 6.60. The van der Waals surface area contributed by atoms with Crippen molar-refractivity contribution in [3.05, 3.63) is 22.7 Å². The minimum atomic E-state index is -0.700. The highest BCUT2D eigenvalue weighted by Crippen LogP contribution is 2.24. The van der Waals surface area contributed by atoms with Crippen LogP contribution in [0.15, 0.2) is 22.2 Å². The second kappa shape index (κ2) is 4.52. The number of nitrogens with two attached hydrogens (primary N) is 1. The summed E-state index contributed by atoms with van der Waals surface area (Å²) in [6, 6.07) is 1.47. The quantitative estimate of drug-likeness (QED) is 0.447. The fourth-order valence-corrected chi connectivity index (χ4v) is 1.69. The van der Waals surface area contributed by atoms with E-state index in [1.165, 1.54) is 16.8 Å². The molecular formula is C9H12N4O4. The minimum Gasteiger partial charge on any atom is -0.411 e. The molecule has 0 aromatic carbocycles. The molecule has 1 aliphatic heterocycles. The van der Waals surface area contributed by atoms with Crippen LogP contribution in [-0.4, -0.2) is 38.3 Å². The van der Waals surface area contributed by atoms with Crippen molar-refractivity contribution >= 4 is 11.5 Å². The van der Waals surface area contributed by atoms with E-state index >= 15 is 0 Å². The summed E-state index contributed by atoms with van der Waals surface area (Å²) in [5.74, 6) is 0.124.